The second-order valence-corrected chi connectivity index (χ2v) is 4.37. The molecule has 1 aromatic heterocycles. The summed E-state index contributed by atoms with van der Waals surface area (Å²) in [4.78, 5) is 11.3. The summed E-state index contributed by atoms with van der Waals surface area (Å²) in [5.41, 5.74) is 2.05. The van der Waals surface area contributed by atoms with Gasteiger partial charge in [0, 0.05) is 31.7 Å². The largest absolute Gasteiger partial charge is 0.353 e. The minimum absolute atomic E-state index is 0.937. The molecule has 1 fully saturated rings. The third kappa shape index (κ3) is 2.33. The van der Waals surface area contributed by atoms with Gasteiger partial charge in [-0.1, -0.05) is 30.3 Å². The number of nitrogens with one attached hydrogen (secondary N) is 1. The summed E-state index contributed by atoms with van der Waals surface area (Å²) in [5.74, 6) is 0.970. The van der Waals surface area contributed by atoms with Crippen molar-refractivity contribution in [3.63, 3.8) is 0 Å². The monoisotopic (exact) mass is 240 g/mol. The fraction of sp³-hybridized carbons (Fsp3) is 0.286. The van der Waals surface area contributed by atoms with E-state index in [1.165, 1.54) is 0 Å². The van der Waals surface area contributed by atoms with Gasteiger partial charge in [0.25, 0.3) is 0 Å². The summed E-state index contributed by atoms with van der Waals surface area (Å²) < 4.78 is 0. The minimum Gasteiger partial charge on any atom is -0.353 e. The Morgan fingerprint density at radius 2 is 1.78 bits per heavy atom. The Labute approximate surface area is 107 Å². The van der Waals surface area contributed by atoms with Gasteiger partial charge in [0.2, 0.25) is 0 Å². The van der Waals surface area contributed by atoms with E-state index >= 15 is 0 Å². The van der Waals surface area contributed by atoms with Crippen molar-refractivity contribution in [2.24, 2.45) is 0 Å². The number of anilines is 1. The van der Waals surface area contributed by atoms with Gasteiger partial charge in [-0.15, -0.1) is 0 Å². The number of hydrogen-bond donors (Lipinski definition) is 1. The first-order chi connectivity index (χ1) is 8.93. The maximum atomic E-state index is 4.70. The molecule has 1 saturated heterocycles. The molecule has 0 amide bonds. The Morgan fingerprint density at radius 3 is 2.56 bits per heavy atom. The van der Waals surface area contributed by atoms with Gasteiger partial charge in [0.05, 0.1) is 18.1 Å². The highest BCUT2D eigenvalue weighted by Gasteiger charge is 2.12. The molecule has 1 aromatic carbocycles. The lowest BCUT2D eigenvalue weighted by atomic mass is 10.2. The summed E-state index contributed by atoms with van der Waals surface area (Å²) in [6.07, 6.45) is 3.67. The van der Waals surface area contributed by atoms with Crippen LogP contribution in [0.25, 0.3) is 11.3 Å². The Morgan fingerprint density at radius 1 is 1.00 bits per heavy atom. The van der Waals surface area contributed by atoms with Crippen LogP contribution in [0, 0.1) is 0 Å². The molecule has 0 saturated carbocycles. The molecule has 0 atom stereocenters. The average Bonchev–Trinajstić information content (AvgIpc) is 2.49. The lowest BCUT2D eigenvalue weighted by Crippen LogP contribution is -2.43. The fourth-order valence-corrected chi connectivity index (χ4v) is 2.15. The van der Waals surface area contributed by atoms with Crippen molar-refractivity contribution in [3.8, 4) is 11.3 Å². The van der Waals surface area contributed by atoms with Crippen molar-refractivity contribution in [1.29, 1.82) is 0 Å². The van der Waals surface area contributed by atoms with Gasteiger partial charge in [-0.3, -0.25) is 4.98 Å². The Hall–Kier alpha value is -1.94. The van der Waals surface area contributed by atoms with E-state index in [9.17, 15) is 0 Å². The van der Waals surface area contributed by atoms with Crippen molar-refractivity contribution in [2.45, 2.75) is 0 Å². The molecule has 18 heavy (non-hydrogen) atoms. The number of nitrogens with zero attached hydrogens (tertiary/aromatic N) is 3. The molecule has 0 aliphatic carbocycles. The maximum absolute atomic E-state index is 4.70. The molecule has 1 aliphatic rings. The Balaban J connectivity index is 1.89. The molecule has 0 radical (unpaired) electrons. The number of benzene rings is 1. The van der Waals surface area contributed by atoms with E-state index in [1.54, 1.807) is 0 Å². The van der Waals surface area contributed by atoms with E-state index in [-0.39, 0.29) is 0 Å². The zero-order valence-electron chi connectivity index (χ0n) is 10.2. The first-order valence-electron chi connectivity index (χ1n) is 6.26. The molecule has 4 heteroatoms. The highest BCUT2D eigenvalue weighted by Crippen LogP contribution is 2.19. The van der Waals surface area contributed by atoms with Crippen molar-refractivity contribution in [1.82, 2.24) is 15.3 Å². The molecular weight excluding hydrogens is 224 g/mol. The lowest BCUT2D eigenvalue weighted by molar-refractivity contribution is 0.584. The van der Waals surface area contributed by atoms with Crippen molar-refractivity contribution < 1.29 is 0 Å². The maximum Gasteiger partial charge on any atom is 0.147 e. The van der Waals surface area contributed by atoms with Crippen LogP contribution in [0.5, 0.6) is 0 Å². The molecule has 92 valence electrons. The van der Waals surface area contributed by atoms with Gasteiger partial charge >= 0.3 is 0 Å². The minimum atomic E-state index is 0.937. The molecule has 0 unspecified atom stereocenters. The van der Waals surface area contributed by atoms with Crippen LogP contribution in [0.1, 0.15) is 0 Å². The molecule has 3 rings (SSSR count). The summed E-state index contributed by atoms with van der Waals surface area (Å²) in [7, 11) is 0. The normalized spacial score (nSPS) is 15.7. The van der Waals surface area contributed by atoms with Gasteiger partial charge in [-0.05, 0) is 0 Å². The summed E-state index contributed by atoms with van der Waals surface area (Å²) in [5, 5.41) is 3.34. The van der Waals surface area contributed by atoms with E-state index in [0.717, 1.165) is 43.3 Å². The summed E-state index contributed by atoms with van der Waals surface area (Å²) in [6.45, 7) is 4.01. The number of piperazine rings is 1. The predicted molar refractivity (Wildman–Crippen MR) is 72.6 cm³/mol. The van der Waals surface area contributed by atoms with Crippen LogP contribution in [-0.2, 0) is 0 Å². The highest BCUT2D eigenvalue weighted by atomic mass is 15.2. The zero-order chi connectivity index (χ0) is 12.2. The SMILES string of the molecule is c1ccc(-c2cncc(N3CCNCC3)n2)cc1. The third-order valence-electron chi connectivity index (χ3n) is 3.13. The molecule has 4 nitrogen and oxygen atoms in total. The van der Waals surface area contributed by atoms with Crippen LogP contribution in [0.3, 0.4) is 0 Å². The third-order valence-corrected chi connectivity index (χ3v) is 3.13. The number of aromatic nitrogens is 2. The van der Waals surface area contributed by atoms with Crippen LogP contribution in [0.15, 0.2) is 42.7 Å². The smallest absolute Gasteiger partial charge is 0.147 e. The average molecular weight is 240 g/mol. The first-order valence-corrected chi connectivity index (χ1v) is 6.26. The van der Waals surface area contributed by atoms with Crippen LogP contribution in [0.4, 0.5) is 5.82 Å². The molecule has 2 aromatic rings. The molecule has 1 aliphatic heterocycles. The standard InChI is InChI=1S/C14H16N4/c1-2-4-12(5-3-1)13-10-16-11-14(17-13)18-8-6-15-7-9-18/h1-5,10-11,15H,6-9H2. The molecule has 0 bridgehead atoms. The van der Waals surface area contributed by atoms with Crippen molar-refractivity contribution in [2.75, 3.05) is 31.1 Å². The molecular formula is C14H16N4. The quantitative estimate of drug-likeness (QED) is 0.864. The van der Waals surface area contributed by atoms with E-state index in [1.807, 2.05) is 30.6 Å². The van der Waals surface area contributed by atoms with E-state index in [4.69, 9.17) is 4.98 Å². The van der Waals surface area contributed by atoms with E-state index in [2.05, 4.69) is 27.3 Å². The van der Waals surface area contributed by atoms with Crippen LogP contribution < -0.4 is 10.2 Å². The predicted octanol–water partition coefficient (Wildman–Crippen LogP) is 1.55. The van der Waals surface area contributed by atoms with Gasteiger partial charge in [0.15, 0.2) is 0 Å². The zero-order valence-corrected chi connectivity index (χ0v) is 10.2. The Kier molecular flexibility index (Phi) is 3.19. The Bertz CT molecular complexity index is 506. The van der Waals surface area contributed by atoms with E-state index < -0.39 is 0 Å². The molecule has 0 spiro atoms. The number of hydrogen-bond acceptors (Lipinski definition) is 4. The summed E-state index contributed by atoms with van der Waals surface area (Å²) >= 11 is 0. The van der Waals surface area contributed by atoms with E-state index in [0.29, 0.717) is 0 Å². The fourth-order valence-electron chi connectivity index (χ4n) is 2.15. The lowest BCUT2D eigenvalue weighted by Gasteiger charge is -2.28. The first kappa shape index (κ1) is 11.2. The van der Waals surface area contributed by atoms with Crippen LogP contribution in [-0.4, -0.2) is 36.1 Å². The number of rotatable bonds is 2. The second kappa shape index (κ2) is 5.14. The van der Waals surface area contributed by atoms with Gasteiger partial charge in [0.1, 0.15) is 5.82 Å². The van der Waals surface area contributed by atoms with Gasteiger partial charge in [-0.25, -0.2) is 4.98 Å². The molecule has 1 N–H and O–H groups in total. The van der Waals surface area contributed by atoms with Gasteiger partial charge in [-0.2, -0.15) is 0 Å². The molecule has 2 heterocycles. The summed E-state index contributed by atoms with van der Waals surface area (Å²) in [6, 6.07) is 10.2. The topological polar surface area (TPSA) is 41.1 Å². The van der Waals surface area contributed by atoms with Gasteiger partial charge < -0.3 is 10.2 Å². The highest BCUT2D eigenvalue weighted by molar-refractivity contribution is 5.59. The van der Waals surface area contributed by atoms with Crippen molar-refractivity contribution >= 4 is 5.82 Å². The second-order valence-electron chi connectivity index (χ2n) is 4.37. The van der Waals surface area contributed by atoms with Crippen molar-refractivity contribution in [3.05, 3.63) is 42.7 Å². The van der Waals surface area contributed by atoms with Crippen LogP contribution >= 0.6 is 0 Å². The van der Waals surface area contributed by atoms with Crippen LogP contribution in [0.2, 0.25) is 0 Å².